The minimum Gasteiger partial charge on any atom is -0.492 e. The van der Waals surface area contributed by atoms with Crippen molar-refractivity contribution in [3.63, 3.8) is 0 Å². The average molecular weight is 422 g/mol. The largest absolute Gasteiger partial charge is 0.492 e. The van der Waals surface area contributed by atoms with E-state index in [1.54, 1.807) is 13.0 Å². The zero-order chi connectivity index (χ0) is 20.3. The molecule has 0 aliphatic rings. The highest BCUT2D eigenvalue weighted by molar-refractivity contribution is 7.89. The number of anilines is 1. The van der Waals surface area contributed by atoms with Gasteiger partial charge in [-0.3, -0.25) is 4.79 Å². The normalized spacial score (nSPS) is 11.6. The van der Waals surface area contributed by atoms with Crippen LogP contribution in [0.1, 0.15) is 17.4 Å². The van der Waals surface area contributed by atoms with Crippen LogP contribution >= 0.6 is 11.3 Å². The standard InChI is InChI=1S/C18H19N3O5S2/c1-4-25-14-8-7-12(10-17(14)28(23,24)21(2)3)19-18(22)13-11-15(26-20-13)16-6-5-9-27-16/h5-11H,4H2,1-3H3,(H,19,22). The monoisotopic (exact) mass is 421 g/mol. The fraction of sp³-hybridized carbons (Fsp3) is 0.222. The molecule has 0 saturated carbocycles. The van der Waals surface area contributed by atoms with Gasteiger partial charge in [0, 0.05) is 25.8 Å². The first-order valence-corrected chi connectivity index (χ1v) is 10.7. The van der Waals surface area contributed by atoms with Crippen LogP contribution in [0.25, 0.3) is 10.6 Å². The molecule has 0 aliphatic carbocycles. The number of rotatable bonds is 7. The third kappa shape index (κ3) is 4.08. The Morgan fingerprint density at radius 3 is 2.71 bits per heavy atom. The van der Waals surface area contributed by atoms with Crippen LogP contribution in [0.2, 0.25) is 0 Å². The lowest BCUT2D eigenvalue weighted by Crippen LogP contribution is -2.23. The molecule has 1 aromatic carbocycles. The summed E-state index contributed by atoms with van der Waals surface area (Å²) in [5, 5.41) is 8.32. The molecule has 3 rings (SSSR count). The van der Waals surface area contributed by atoms with Gasteiger partial charge in [0.1, 0.15) is 10.6 Å². The Balaban J connectivity index is 1.87. The first-order valence-electron chi connectivity index (χ1n) is 8.34. The molecule has 0 atom stereocenters. The number of amides is 1. The second-order valence-corrected chi connectivity index (χ2v) is 8.96. The molecule has 0 aliphatic heterocycles. The molecule has 0 unspecified atom stereocenters. The van der Waals surface area contributed by atoms with Crippen molar-refractivity contribution in [1.82, 2.24) is 9.46 Å². The van der Waals surface area contributed by atoms with Gasteiger partial charge >= 0.3 is 0 Å². The number of benzene rings is 1. The quantitative estimate of drug-likeness (QED) is 0.628. The summed E-state index contributed by atoms with van der Waals surface area (Å²) in [6.45, 7) is 2.07. The molecule has 3 aromatic rings. The van der Waals surface area contributed by atoms with E-state index in [1.807, 2.05) is 17.5 Å². The van der Waals surface area contributed by atoms with E-state index in [1.165, 1.54) is 43.6 Å². The van der Waals surface area contributed by atoms with Crippen LogP contribution in [0, 0.1) is 0 Å². The highest BCUT2D eigenvalue weighted by atomic mass is 32.2. The molecule has 2 heterocycles. The van der Waals surface area contributed by atoms with E-state index < -0.39 is 15.9 Å². The smallest absolute Gasteiger partial charge is 0.277 e. The molecule has 8 nitrogen and oxygen atoms in total. The van der Waals surface area contributed by atoms with Gasteiger partial charge in [0.25, 0.3) is 5.91 Å². The lowest BCUT2D eigenvalue weighted by molar-refractivity contribution is 0.101. The van der Waals surface area contributed by atoms with Gasteiger partial charge in [-0.15, -0.1) is 11.3 Å². The Labute approximate surface area is 166 Å². The number of ether oxygens (including phenoxy) is 1. The topological polar surface area (TPSA) is 102 Å². The van der Waals surface area contributed by atoms with Crippen molar-refractivity contribution in [2.45, 2.75) is 11.8 Å². The van der Waals surface area contributed by atoms with Gasteiger partial charge in [-0.2, -0.15) is 0 Å². The Morgan fingerprint density at radius 2 is 2.07 bits per heavy atom. The molecule has 0 saturated heterocycles. The van der Waals surface area contributed by atoms with Crippen molar-refractivity contribution in [2.75, 3.05) is 26.0 Å². The van der Waals surface area contributed by atoms with Crippen LogP contribution in [-0.2, 0) is 10.0 Å². The van der Waals surface area contributed by atoms with Crippen molar-refractivity contribution >= 4 is 33.0 Å². The fourth-order valence-electron chi connectivity index (χ4n) is 2.37. The maximum atomic E-state index is 12.6. The Bertz CT molecular complexity index is 1070. The summed E-state index contributed by atoms with van der Waals surface area (Å²) in [6, 6.07) is 9.70. The van der Waals surface area contributed by atoms with Crippen molar-refractivity contribution in [3.05, 3.63) is 47.5 Å². The molecule has 10 heteroatoms. The zero-order valence-corrected chi connectivity index (χ0v) is 17.1. The summed E-state index contributed by atoms with van der Waals surface area (Å²) in [4.78, 5) is 13.3. The Hall–Kier alpha value is -2.69. The van der Waals surface area contributed by atoms with Crippen LogP contribution in [0.3, 0.4) is 0 Å². The van der Waals surface area contributed by atoms with Crippen molar-refractivity contribution in [1.29, 1.82) is 0 Å². The summed E-state index contributed by atoms with van der Waals surface area (Å²) in [6.07, 6.45) is 0. The molecule has 148 valence electrons. The van der Waals surface area contributed by atoms with Crippen LogP contribution in [0.4, 0.5) is 5.69 Å². The van der Waals surface area contributed by atoms with Gasteiger partial charge in [-0.05, 0) is 36.6 Å². The molecule has 0 radical (unpaired) electrons. The summed E-state index contributed by atoms with van der Waals surface area (Å²) < 4.78 is 36.9. The number of thiophene rings is 1. The number of nitrogens with zero attached hydrogens (tertiary/aromatic N) is 2. The van der Waals surface area contributed by atoms with Gasteiger partial charge in [0.2, 0.25) is 10.0 Å². The maximum absolute atomic E-state index is 12.6. The van der Waals surface area contributed by atoms with Gasteiger partial charge < -0.3 is 14.6 Å². The molecule has 0 fully saturated rings. The minimum absolute atomic E-state index is 0.0309. The van der Waals surface area contributed by atoms with Crippen molar-refractivity contribution < 1.29 is 22.5 Å². The van der Waals surface area contributed by atoms with Crippen LogP contribution < -0.4 is 10.1 Å². The summed E-state index contributed by atoms with van der Waals surface area (Å²) >= 11 is 1.47. The lowest BCUT2D eigenvalue weighted by atomic mass is 10.2. The SMILES string of the molecule is CCOc1ccc(NC(=O)c2cc(-c3cccs3)on2)cc1S(=O)(=O)N(C)C. The lowest BCUT2D eigenvalue weighted by Gasteiger charge is -2.16. The third-order valence-corrected chi connectivity index (χ3v) is 6.49. The molecule has 1 N–H and O–H groups in total. The van der Waals surface area contributed by atoms with Crippen LogP contribution in [-0.4, -0.2) is 44.5 Å². The molecular weight excluding hydrogens is 402 g/mol. The molecule has 0 bridgehead atoms. The molecule has 1 amide bonds. The van der Waals surface area contributed by atoms with E-state index in [4.69, 9.17) is 9.26 Å². The van der Waals surface area contributed by atoms with Crippen LogP contribution in [0.5, 0.6) is 5.75 Å². The van der Waals surface area contributed by atoms with E-state index in [0.717, 1.165) is 9.18 Å². The number of carbonyl (C=O) groups excluding carboxylic acids is 1. The van der Waals surface area contributed by atoms with Gasteiger partial charge in [0.15, 0.2) is 11.5 Å². The molecule has 2 aromatic heterocycles. The van der Waals surface area contributed by atoms with Crippen LogP contribution in [0.15, 0.2) is 51.2 Å². The molecular formula is C18H19N3O5S2. The number of nitrogens with one attached hydrogen (secondary N) is 1. The van der Waals surface area contributed by atoms with Crippen molar-refractivity contribution in [2.24, 2.45) is 0 Å². The maximum Gasteiger partial charge on any atom is 0.277 e. The highest BCUT2D eigenvalue weighted by Gasteiger charge is 2.24. The van der Waals surface area contributed by atoms with Gasteiger partial charge in [-0.25, -0.2) is 12.7 Å². The summed E-state index contributed by atoms with van der Waals surface area (Å²) in [5.74, 6) is 0.197. The number of hydrogen-bond donors (Lipinski definition) is 1. The summed E-state index contributed by atoms with van der Waals surface area (Å²) in [7, 11) is -0.897. The number of aromatic nitrogens is 1. The second-order valence-electron chi connectivity index (χ2n) is 5.89. The molecule has 28 heavy (non-hydrogen) atoms. The van der Waals surface area contributed by atoms with E-state index in [0.29, 0.717) is 18.1 Å². The number of carbonyl (C=O) groups is 1. The average Bonchev–Trinajstić information content (AvgIpc) is 3.34. The minimum atomic E-state index is -3.75. The Morgan fingerprint density at radius 1 is 1.29 bits per heavy atom. The predicted octanol–water partition coefficient (Wildman–Crippen LogP) is 3.30. The second kappa shape index (κ2) is 8.13. The van der Waals surface area contributed by atoms with E-state index in [9.17, 15) is 13.2 Å². The third-order valence-electron chi connectivity index (χ3n) is 3.77. The zero-order valence-electron chi connectivity index (χ0n) is 15.5. The van der Waals surface area contributed by atoms with E-state index >= 15 is 0 Å². The van der Waals surface area contributed by atoms with E-state index in [2.05, 4.69) is 10.5 Å². The predicted molar refractivity (Wildman–Crippen MR) is 106 cm³/mol. The molecule has 0 spiro atoms. The number of hydrogen-bond acceptors (Lipinski definition) is 7. The van der Waals surface area contributed by atoms with Gasteiger partial charge in [0.05, 0.1) is 11.5 Å². The fourth-order valence-corrected chi connectivity index (χ4v) is 4.09. The first kappa shape index (κ1) is 20.1. The first-order chi connectivity index (χ1) is 13.3. The number of sulfonamides is 1. The van der Waals surface area contributed by atoms with E-state index in [-0.39, 0.29) is 16.3 Å². The summed E-state index contributed by atoms with van der Waals surface area (Å²) in [5.41, 5.74) is 0.392. The highest BCUT2D eigenvalue weighted by Crippen LogP contribution is 2.30. The van der Waals surface area contributed by atoms with Crippen molar-refractivity contribution in [3.8, 4) is 16.4 Å². The van der Waals surface area contributed by atoms with Gasteiger partial charge in [-0.1, -0.05) is 11.2 Å². The Kier molecular flexibility index (Phi) is 5.82.